The van der Waals surface area contributed by atoms with Crippen LogP contribution in [0, 0.1) is 0 Å². The Hall–Kier alpha value is -2.15. The van der Waals surface area contributed by atoms with Gasteiger partial charge in [0.2, 0.25) is 11.8 Å². The maximum Gasteiger partial charge on any atom is 0.245 e. The molecular formula is C13H15N5OS. The number of methoxy groups -OCH3 is 1. The molecular weight excluding hydrogens is 274 g/mol. The molecule has 0 amide bonds. The molecule has 0 spiro atoms. The van der Waals surface area contributed by atoms with E-state index in [0.29, 0.717) is 23.0 Å². The van der Waals surface area contributed by atoms with Crippen molar-refractivity contribution in [1.82, 2.24) is 19.5 Å². The van der Waals surface area contributed by atoms with Crippen molar-refractivity contribution in [3.05, 3.63) is 28.7 Å². The number of hydrogen-bond acceptors (Lipinski definition) is 6. The molecule has 7 heteroatoms. The molecule has 0 aliphatic carbocycles. The van der Waals surface area contributed by atoms with Crippen molar-refractivity contribution in [3.63, 3.8) is 0 Å². The Bertz CT molecular complexity index is 722. The van der Waals surface area contributed by atoms with Crippen molar-refractivity contribution in [3.8, 4) is 5.88 Å². The highest BCUT2D eigenvalue weighted by atomic mass is 32.1. The number of rotatable bonds is 4. The van der Waals surface area contributed by atoms with Crippen LogP contribution in [0.2, 0.25) is 0 Å². The van der Waals surface area contributed by atoms with Gasteiger partial charge in [0.25, 0.3) is 0 Å². The summed E-state index contributed by atoms with van der Waals surface area (Å²) in [6, 6.07) is 4.26. The van der Waals surface area contributed by atoms with Crippen LogP contribution in [-0.2, 0) is 0 Å². The average Bonchev–Trinajstić information content (AvgIpc) is 3.08. The van der Waals surface area contributed by atoms with Gasteiger partial charge in [-0.1, -0.05) is 13.0 Å². The summed E-state index contributed by atoms with van der Waals surface area (Å²) in [6.45, 7) is 2.12. The normalized spacial score (nSPS) is 12.7. The van der Waals surface area contributed by atoms with Gasteiger partial charge in [0, 0.05) is 4.88 Å². The second kappa shape index (κ2) is 5.09. The summed E-state index contributed by atoms with van der Waals surface area (Å²) in [6.07, 6.45) is 2.38. The van der Waals surface area contributed by atoms with Gasteiger partial charge in [0.15, 0.2) is 11.2 Å². The number of nitrogens with two attached hydrogens (primary N) is 1. The largest absolute Gasteiger partial charge is 0.479 e. The number of hydrogen-bond donors (Lipinski definition) is 1. The van der Waals surface area contributed by atoms with E-state index in [1.165, 1.54) is 11.2 Å². The van der Waals surface area contributed by atoms with Gasteiger partial charge in [-0.25, -0.2) is 9.97 Å². The van der Waals surface area contributed by atoms with E-state index in [0.717, 1.165) is 6.42 Å². The van der Waals surface area contributed by atoms with Crippen molar-refractivity contribution >= 4 is 28.4 Å². The van der Waals surface area contributed by atoms with Gasteiger partial charge in [0.05, 0.1) is 13.2 Å². The van der Waals surface area contributed by atoms with Crippen LogP contribution in [0.4, 0.5) is 5.95 Å². The molecule has 1 unspecified atom stereocenters. The van der Waals surface area contributed by atoms with Crippen LogP contribution in [0.25, 0.3) is 11.2 Å². The molecule has 0 bridgehead atoms. The van der Waals surface area contributed by atoms with Gasteiger partial charge >= 0.3 is 0 Å². The van der Waals surface area contributed by atoms with Gasteiger partial charge in [-0.15, -0.1) is 11.3 Å². The second-order valence-electron chi connectivity index (χ2n) is 4.33. The van der Waals surface area contributed by atoms with Gasteiger partial charge in [-0.2, -0.15) is 4.98 Å². The molecule has 0 aliphatic rings. The minimum absolute atomic E-state index is 0.125. The highest BCUT2D eigenvalue weighted by Gasteiger charge is 2.22. The summed E-state index contributed by atoms with van der Waals surface area (Å²) in [5, 5.41) is 2.06. The highest BCUT2D eigenvalue weighted by Crippen LogP contribution is 2.33. The van der Waals surface area contributed by atoms with Crippen LogP contribution in [0.5, 0.6) is 5.88 Å². The third-order valence-corrected chi connectivity index (χ3v) is 4.21. The molecule has 0 fully saturated rings. The standard InChI is InChI=1S/C13H15N5OS/c1-3-8(9-5-4-6-20-9)18-11-10(17-13(18)14)12(19-2)16-7-15-11/h4-8H,3H2,1-2H3,(H2,14,17). The molecule has 0 radical (unpaired) electrons. The van der Waals surface area contributed by atoms with Crippen LogP contribution in [0.1, 0.15) is 24.3 Å². The predicted molar refractivity (Wildman–Crippen MR) is 79.0 cm³/mol. The molecule has 1 atom stereocenters. The second-order valence-corrected chi connectivity index (χ2v) is 5.31. The maximum atomic E-state index is 6.09. The molecule has 6 nitrogen and oxygen atoms in total. The Labute approximate surface area is 120 Å². The SMILES string of the molecule is CCC(c1cccs1)n1c(N)nc2c(OC)ncnc21. The van der Waals surface area contributed by atoms with Gasteiger partial charge in [-0.3, -0.25) is 4.57 Å². The number of ether oxygens (including phenoxy) is 1. The van der Waals surface area contributed by atoms with E-state index in [1.54, 1.807) is 18.4 Å². The zero-order valence-electron chi connectivity index (χ0n) is 11.3. The van der Waals surface area contributed by atoms with Crippen molar-refractivity contribution < 1.29 is 4.74 Å². The number of nitrogen functional groups attached to an aromatic ring is 1. The summed E-state index contributed by atoms with van der Waals surface area (Å²) in [7, 11) is 1.56. The minimum atomic E-state index is 0.125. The van der Waals surface area contributed by atoms with E-state index in [9.17, 15) is 0 Å². The monoisotopic (exact) mass is 289 g/mol. The Balaban J connectivity index is 2.23. The molecule has 3 rings (SSSR count). The Morgan fingerprint density at radius 2 is 2.30 bits per heavy atom. The molecule has 20 heavy (non-hydrogen) atoms. The van der Waals surface area contributed by atoms with Crippen molar-refractivity contribution in [2.45, 2.75) is 19.4 Å². The Morgan fingerprint density at radius 1 is 1.45 bits per heavy atom. The molecule has 3 aromatic rings. The van der Waals surface area contributed by atoms with E-state index in [1.807, 2.05) is 10.6 Å². The third-order valence-electron chi connectivity index (χ3n) is 3.23. The summed E-state index contributed by atoms with van der Waals surface area (Å²) in [5.74, 6) is 0.875. The van der Waals surface area contributed by atoms with E-state index in [2.05, 4.69) is 33.3 Å². The fourth-order valence-corrected chi connectivity index (χ4v) is 3.25. The van der Waals surface area contributed by atoms with Crippen molar-refractivity contribution in [2.24, 2.45) is 0 Å². The zero-order chi connectivity index (χ0) is 14.1. The van der Waals surface area contributed by atoms with E-state index < -0.39 is 0 Å². The van der Waals surface area contributed by atoms with Crippen LogP contribution in [0.15, 0.2) is 23.8 Å². The van der Waals surface area contributed by atoms with Crippen LogP contribution in [0.3, 0.4) is 0 Å². The van der Waals surface area contributed by atoms with Crippen LogP contribution in [-0.4, -0.2) is 26.6 Å². The molecule has 3 heterocycles. The predicted octanol–water partition coefficient (Wildman–Crippen LogP) is 2.48. The Morgan fingerprint density at radius 3 is 2.95 bits per heavy atom. The quantitative estimate of drug-likeness (QED) is 0.798. The first kappa shape index (κ1) is 12.9. The first-order chi connectivity index (χ1) is 9.76. The highest BCUT2D eigenvalue weighted by molar-refractivity contribution is 7.10. The number of fused-ring (bicyclic) bond motifs is 1. The first-order valence-corrected chi connectivity index (χ1v) is 7.20. The molecule has 0 saturated carbocycles. The topological polar surface area (TPSA) is 78.9 Å². The summed E-state index contributed by atoms with van der Waals surface area (Å²) in [5.41, 5.74) is 7.40. The molecule has 3 aromatic heterocycles. The smallest absolute Gasteiger partial charge is 0.245 e. The number of imidazole rings is 1. The lowest BCUT2D eigenvalue weighted by molar-refractivity contribution is 0.401. The van der Waals surface area contributed by atoms with Crippen LogP contribution >= 0.6 is 11.3 Å². The lowest BCUT2D eigenvalue weighted by atomic mass is 10.2. The molecule has 104 valence electrons. The number of nitrogens with zero attached hydrogens (tertiary/aromatic N) is 4. The summed E-state index contributed by atoms with van der Waals surface area (Å²) >= 11 is 1.70. The van der Waals surface area contributed by atoms with Crippen molar-refractivity contribution in [2.75, 3.05) is 12.8 Å². The van der Waals surface area contributed by atoms with E-state index >= 15 is 0 Å². The number of anilines is 1. The molecule has 0 aromatic carbocycles. The molecule has 2 N–H and O–H groups in total. The zero-order valence-corrected chi connectivity index (χ0v) is 12.1. The van der Waals surface area contributed by atoms with Crippen molar-refractivity contribution in [1.29, 1.82) is 0 Å². The molecule has 0 saturated heterocycles. The summed E-state index contributed by atoms with van der Waals surface area (Å²) < 4.78 is 7.17. The fraction of sp³-hybridized carbons (Fsp3) is 0.308. The van der Waals surface area contributed by atoms with E-state index in [4.69, 9.17) is 10.5 Å². The van der Waals surface area contributed by atoms with Gasteiger partial charge in [-0.05, 0) is 17.9 Å². The summed E-state index contributed by atoms with van der Waals surface area (Å²) in [4.78, 5) is 14.0. The number of thiophene rings is 1. The third kappa shape index (κ3) is 1.90. The maximum absolute atomic E-state index is 6.09. The van der Waals surface area contributed by atoms with Gasteiger partial charge < -0.3 is 10.5 Å². The fourth-order valence-electron chi connectivity index (χ4n) is 2.35. The van der Waals surface area contributed by atoms with Gasteiger partial charge in [0.1, 0.15) is 6.33 Å². The molecule has 0 aliphatic heterocycles. The average molecular weight is 289 g/mol. The van der Waals surface area contributed by atoms with Crippen LogP contribution < -0.4 is 10.5 Å². The lowest BCUT2D eigenvalue weighted by Gasteiger charge is -2.16. The lowest BCUT2D eigenvalue weighted by Crippen LogP contribution is -2.12. The van der Waals surface area contributed by atoms with E-state index in [-0.39, 0.29) is 6.04 Å². The minimum Gasteiger partial charge on any atom is -0.479 e. The first-order valence-electron chi connectivity index (χ1n) is 6.32. The number of aromatic nitrogens is 4. The Kier molecular flexibility index (Phi) is 3.27.